The molecule has 2 fully saturated rings. The van der Waals surface area contributed by atoms with Crippen LogP contribution in [0.1, 0.15) is 42.5 Å². The fourth-order valence-corrected chi connectivity index (χ4v) is 5.92. The summed E-state index contributed by atoms with van der Waals surface area (Å²) in [4.78, 5) is 25.7. The van der Waals surface area contributed by atoms with Crippen LogP contribution in [0.3, 0.4) is 0 Å². The lowest BCUT2D eigenvalue weighted by Gasteiger charge is -2.18. The third-order valence-corrected chi connectivity index (χ3v) is 8.66. The third kappa shape index (κ3) is 5.75. The Labute approximate surface area is 219 Å². The largest absolute Gasteiger partial charge is 0.396 e. The Balaban J connectivity index is 1.36. The van der Waals surface area contributed by atoms with Gasteiger partial charge < -0.3 is 21.1 Å². The molecule has 12 nitrogen and oxygen atoms in total. The molecule has 2 saturated carbocycles. The summed E-state index contributed by atoms with van der Waals surface area (Å²) in [6, 6.07) is 3.39. The van der Waals surface area contributed by atoms with Gasteiger partial charge in [-0.15, -0.1) is 0 Å². The number of halogens is 1. The van der Waals surface area contributed by atoms with E-state index >= 15 is 0 Å². The maximum atomic E-state index is 12.6. The van der Waals surface area contributed by atoms with Crippen LogP contribution in [0.5, 0.6) is 0 Å². The summed E-state index contributed by atoms with van der Waals surface area (Å²) >= 11 is 0. The molecule has 4 N–H and O–H groups in total. The molecule has 38 heavy (non-hydrogen) atoms. The van der Waals surface area contributed by atoms with Crippen LogP contribution in [-0.2, 0) is 10.0 Å². The average Bonchev–Trinajstić information content (AvgIpc) is 3.49. The topological polar surface area (TPSA) is 164 Å². The van der Waals surface area contributed by atoms with Gasteiger partial charge in [0.05, 0.1) is 34.5 Å². The van der Waals surface area contributed by atoms with Gasteiger partial charge in [-0.05, 0) is 44.1 Å². The number of amides is 1. The molecule has 0 aromatic carbocycles. The molecule has 0 bridgehead atoms. The smallest absolute Gasteiger partial charge is 0.256 e. The second-order valence-electron chi connectivity index (χ2n) is 9.50. The lowest BCUT2D eigenvalue weighted by Crippen LogP contribution is -2.27. The first kappa shape index (κ1) is 26.0. The van der Waals surface area contributed by atoms with Crippen molar-refractivity contribution in [3.05, 3.63) is 42.5 Å². The number of hydrogen-bond donors (Lipinski definition) is 4. The zero-order chi connectivity index (χ0) is 26.7. The van der Waals surface area contributed by atoms with Crippen molar-refractivity contribution in [1.29, 1.82) is 0 Å². The minimum atomic E-state index is -3.50. The number of aliphatic hydroxyl groups is 1. The van der Waals surface area contributed by atoms with E-state index in [1.54, 1.807) is 12.1 Å². The fraction of sp³-hybridized carbons (Fsp3) is 0.458. The summed E-state index contributed by atoms with van der Waals surface area (Å²) in [5.74, 6) is 0.862. The fourth-order valence-electron chi connectivity index (χ4n) is 4.45. The van der Waals surface area contributed by atoms with E-state index in [9.17, 15) is 22.7 Å². The van der Waals surface area contributed by atoms with Gasteiger partial charge in [0.25, 0.3) is 15.9 Å². The summed E-state index contributed by atoms with van der Waals surface area (Å²) in [6.07, 6.45) is 9.52. The van der Waals surface area contributed by atoms with E-state index in [-0.39, 0.29) is 41.7 Å². The zero-order valence-electron chi connectivity index (χ0n) is 20.5. The first-order valence-corrected chi connectivity index (χ1v) is 14.0. The Hall–Kier alpha value is -3.65. The van der Waals surface area contributed by atoms with Gasteiger partial charge in [-0.25, -0.2) is 27.8 Å². The predicted octanol–water partition coefficient (Wildman–Crippen LogP) is 2.09. The lowest BCUT2D eigenvalue weighted by molar-refractivity contribution is 0.0951. The zero-order valence-corrected chi connectivity index (χ0v) is 21.4. The van der Waals surface area contributed by atoms with Crippen molar-refractivity contribution < 1.29 is 22.7 Å². The molecule has 14 heteroatoms. The molecule has 2 atom stereocenters. The van der Waals surface area contributed by atoms with Gasteiger partial charge >= 0.3 is 0 Å². The number of carbonyl (C=O) groups excluding carboxylic acids is 1. The van der Waals surface area contributed by atoms with E-state index in [1.165, 1.54) is 24.8 Å². The molecule has 0 aliphatic heterocycles. The minimum absolute atomic E-state index is 0.0734. The molecule has 2 aliphatic carbocycles. The number of carbonyl (C=O) groups is 1. The van der Waals surface area contributed by atoms with Crippen molar-refractivity contribution in [1.82, 2.24) is 29.5 Å². The number of hydrogen-bond acceptors (Lipinski definition) is 10. The van der Waals surface area contributed by atoms with Crippen LogP contribution in [0.25, 0.3) is 11.4 Å². The van der Waals surface area contributed by atoms with Gasteiger partial charge in [-0.1, -0.05) is 0 Å². The van der Waals surface area contributed by atoms with Crippen molar-refractivity contribution in [3.8, 4) is 11.4 Å². The first-order chi connectivity index (χ1) is 18.4. The monoisotopic (exact) mass is 544 g/mol. The van der Waals surface area contributed by atoms with E-state index in [4.69, 9.17) is 0 Å². The Bertz CT molecular complexity index is 1410. The number of aliphatic hydroxyl groups excluding tert-OH is 1. The highest BCUT2D eigenvalue weighted by atomic mass is 32.2. The van der Waals surface area contributed by atoms with Crippen LogP contribution >= 0.6 is 0 Å². The van der Waals surface area contributed by atoms with E-state index in [0.717, 1.165) is 23.3 Å². The van der Waals surface area contributed by atoms with Crippen molar-refractivity contribution in [2.45, 2.75) is 43.4 Å². The number of anilines is 3. The average molecular weight is 545 g/mol. The second kappa shape index (κ2) is 11.0. The second-order valence-corrected chi connectivity index (χ2v) is 11.6. The summed E-state index contributed by atoms with van der Waals surface area (Å²) in [6.45, 7) is -0.660. The van der Waals surface area contributed by atoms with E-state index in [2.05, 4.69) is 36.0 Å². The van der Waals surface area contributed by atoms with Crippen LogP contribution < -0.4 is 16.0 Å². The number of alkyl halides is 1. The standard InChI is InChI=1S/C24H29FN8O4S/c25-6-8-27-24(35)19-12-28-22(10-20(19)30-17-2-1-15(9-17)14-34)31-21-5-7-26-23(32-21)16-11-29-33(13-16)38(36,37)18-3-4-18/h5,7,10-13,15,17-18,34H,1-4,6,8-9,14H2,(H,27,35)(H2,26,28,30,31,32)/t15-,17+/m0/s1. The highest BCUT2D eigenvalue weighted by Gasteiger charge is 2.37. The van der Waals surface area contributed by atoms with E-state index in [0.29, 0.717) is 35.7 Å². The molecular formula is C24H29FN8O4S. The Morgan fingerprint density at radius 2 is 2.00 bits per heavy atom. The Morgan fingerprint density at radius 1 is 1.16 bits per heavy atom. The molecule has 5 rings (SSSR count). The summed E-state index contributed by atoms with van der Waals surface area (Å²) in [5, 5.41) is 22.1. The normalized spacial score (nSPS) is 19.3. The molecule has 0 radical (unpaired) electrons. The molecule has 3 aromatic rings. The summed E-state index contributed by atoms with van der Waals surface area (Å²) < 4.78 is 38.5. The van der Waals surface area contributed by atoms with Crippen LogP contribution in [-0.4, -0.2) is 74.7 Å². The van der Waals surface area contributed by atoms with Gasteiger partial charge in [0, 0.05) is 37.7 Å². The number of aromatic nitrogens is 5. The van der Waals surface area contributed by atoms with Crippen molar-refractivity contribution in [2.24, 2.45) is 5.92 Å². The van der Waals surface area contributed by atoms with Gasteiger partial charge in [-0.3, -0.25) is 4.79 Å². The highest BCUT2D eigenvalue weighted by Crippen LogP contribution is 2.31. The molecular weight excluding hydrogens is 515 g/mol. The maximum absolute atomic E-state index is 12.6. The van der Waals surface area contributed by atoms with Gasteiger partial charge in [-0.2, -0.15) is 9.19 Å². The predicted molar refractivity (Wildman–Crippen MR) is 138 cm³/mol. The SMILES string of the molecule is O=C(NCCF)c1cnc(Nc2ccnc(-c3cnn(S(=O)(=O)C4CC4)c3)n2)cc1N[C@@H]1CC[C@H](CO)C1. The Morgan fingerprint density at radius 3 is 2.74 bits per heavy atom. The molecule has 3 heterocycles. The molecule has 202 valence electrons. The first-order valence-electron chi connectivity index (χ1n) is 12.5. The van der Waals surface area contributed by atoms with E-state index in [1.807, 2.05) is 0 Å². The molecule has 0 unspecified atom stereocenters. The number of nitrogens with one attached hydrogen (secondary N) is 3. The summed E-state index contributed by atoms with van der Waals surface area (Å²) in [5.41, 5.74) is 1.26. The molecule has 1 amide bonds. The van der Waals surface area contributed by atoms with Gasteiger partial charge in [0.1, 0.15) is 18.3 Å². The van der Waals surface area contributed by atoms with Crippen LogP contribution in [0.4, 0.5) is 21.7 Å². The van der Waals surface area contributed by atoms with Crippen LogP contribution in [0.15, 0.2) is 36.9 Å². The van der Waals surface area contributed by atoms with E-state index < -0.39 is 22.6 Å². The van der Waals surface area contributed by atoms with Gasteiger partial charge in [0.15, 0.2) is 5.82 Å². The molecule has 0 saturated heterocycles. The third-order valence-electron chi connectivity index (χ3n) is 6.62. The van der Waals surface area contributed by atoms with Gasteiger partial charge in [0.2, 0.25) is 0 Å². The maximum Gasteiger partial charge on any atom is 0.256 e. The lowest BCUT2D eigenvalue weighted by atomic mass is 10.1. The summed E-state index contributed by atoms with van der Waals surface area (Å²) in [7, 11) is -3.50. The number of nitrogens with zero attached hydrogens (tertiary/aromatic N) is 5. The van der Waals surface area contributed by atoms with Crippen molar-refractivity contribution in [2.75, 3.05) is 30.5 Å². The van der Waals surface area contributed by atoms with Crippen molar-refractivity contribution in [3.63, 3.8) is 0 Å². The van der Waals surface area contributed by atoms with Crippen molar-refractivity contribution >= 4 is 33.3 Å². The molecule has 0 spiro atoms. The molecule has 3 aromatic heterocycles. The van der Waals surface area contributed by atoms with Crippen LogP contribution in [0, 0.1) is 5.92 Å². The quantitative estimate of drug-likeness (QED) is 0.281. The van der Waals surface area contributed by atoms with Crippen LogP contribution in [0.2, 0.25) is 0 Å². The Kier molecular flexibility index (Phi) is 7.51. The minimum Gasteiger partial charge on any atom is -0.396 e. The highest BCUT2D eigenvalue weighted by molar-refractivity contribution is 7.90. The molecule has 2 aliphatic rings. The number of pyridine rings is 1. The number of rotatable bonds is 11.